The average Bonchev–Trinajstić information content (AvgIpc) is 3.53. The smallest absolute Gasteiger partial charge is 0.382 e. The molecule has 1 aliphatic carbocycles. The van der Waals surface area contributed by atoms with Crippen LogP contribution in [0.1, 0.15) is 35.7 Å². The minimum atomic E-state index is -4.57. The second kappa shape index (κ2) is 8.61. The molecule has 3 aromatic heterocycles. The lowest BCUT2D eigenvalue weighted by Crippen LogP contribution is -2.14. The van der Waals surface area contributed by atoms with Crippen LogP contribution in [0.25, 0.3) is 23.2 Å². The van der Waals surface area contributed by atoms with Gasteiger partial charge in [0.15, 0.2) is 11.7 Å². The fraction of sp³-hybridized carbons (Fsp3) is 0.263. The van der Waals surface area contributed by atoms with Gasteiger partial charge in [-0.1, -0.05) is 0 Å². The Morgan fingerprint density at radius 3 is 2.62 bits per heavy atom. The van der Waals surface area contributed by atoms with Crippen molar-refractivity contribution >= 4 is 17.6 Å². The van der Waals surface area contributed by atoms with Crippen LogP contribution >= 0.6 is 0 Å². The monoisotopic (exact) mass is 442 g/mol. The molecule has 1 saturated carbocycles. The molecule has 10 nitrogen and oxygen atoms in total. The van der Waals surface area contributed by atoms with E-state index < -0.39 is 11.9 Å². The number of hydrogen-bond acceptors (Lipinski definition) is 7. The van der Waals surface area contributed by atoms with E-state index in [2.05, 4.69) is 40.5 Å². The van der Waals surface area contributed by atoms with Gasteiger partial charge in [0.2, 0.25) is 0 Å². The third-order valence-electron chi connectivity index (χ3n) is 4.55. The summed E-state index contributed by atoms with van der Waals surface area (Å²) in [6, 6.07) is 2.54. The summed E-state index contributed by atoms with van der Waals surface area (Å²) in [4.78, 5) is 15.8. The highest BCUT2D eigenvalue weighted by Gasteiger charge is 2.35. The summed E-state index contributed by atoms with van der Waals surface area (Å²) < 4.78 is 41.3. The minimum Gasteiger partial charge on any atom is -0.382 e. The molecule has 0 aromatic carbocycles. The highest BCUT2D eigenvalue weighted by atomic mass is 19.4. The Morgan fingerprint density at radius 2 is 1.97 bits per heavy atom. The lowest BCUT2D eigenvalue weighted by atomic mass is 10.1. The standard InChI is InChI=1S/C19H17F3N10/c1-24-31-29-17(23)14(13-6-25-9-26-7-13)8-32-10-27-18(30-32)12-4-15(11-2-3-11)28-16(5-12)19(20,21)22/h4-11H,2-3H2,1H3,(H2,23,24,29)/b14-8-. The van der Waals surface area contributed by atoms with Gasteiger partial charge >= 0.3 is 6.18 Å². The van der Waals surface area contributed by atoms with Crippen molar-refractivity contribution in [3.63, 3.8) is 0 Å². The Hall–Kier alpha value is -4.03. The summed E-state index contributed by atoms with van der Waals surface area (Å²) in [6.07, 6.45) is 4.29. The third kappa shape index (κ3) is 4.82. The van der Waals surface area contributed by atoms with E-state index in [1.54, 1.807) is 6.07 Å². The maximum atomic E-state index is 13.3. The zero-order valence-corrected chi connectivity index (χ0v) is 16.8. The van der Waals surface area contributed by atoms with Crippen molar-refractivity contribution in [3.05, 3.63) is 54.1 Å². The average molecular weight is 442 g/mol. The van der Waals surface area contributed by atoms with Crippen molar-refractivity contribution in [2.75, 3.05) is 7.05 Å². The molecule has 0 saturated heterocycles. The van der Waals surface area contributed by atoms with Gasteiger partial charge in [-0.3, -0.25) is 0 Å². The molecule has 1 fully saturated rings. The van der Waals surface area contributed by atoms with E-state index in [1.807, 2.05) is 0 Å². The SMILES string of the molecule is CN=NN=C(N)/C(=C\n1cnc(-c2cc(C3CC3)nc(C(F)(F)F)c2)n1)c1cncnc1. The molecule has 2 N–H and O–H groups in total. The summed E-state index contributed by atoms with van der Waals surface area (Å²) in [5.74, 6) is 0.164. The molecule has 3 aromatic rings. The molecule has 1 aliphatic rings. The van der Waals surface area contributed by atoms with Crippen molar-refractivity contribution < 1.29 is 13.2 Å². The molecular weight excluding hydrogens is 425 g/mol. The maximum Gasteiger partial charge on any atom is 0.433 e. The van der Waals surface area contributed by atoms with Gasteiger partial charge in [0, 0.05) is 46.9 Å². The van der Waals surface area contributed by atoms with Crippen LogP contribution in [0.2, 0.25) is 0 Å². The lowest BCUT2D eigenvalue weighted by Gasteiger charge is -2.09. The van der Waals surface area contributed by atoms with Gasteiger partial charge in [0.1, 0.15) is 18.3 Å². The second-order valence-corrected chi connectivity index (χ2v) is 6.93. The first kappa shape index (κ1) is 21.2. The van der Waals surface area contributed by atoms with E-state index in [1.165, 1.54) is 43.0 Å². The lowest BCUT2D eigenvalue weighted by molar-refractivity contribution is -0.141. The van der Waals surface area contributed by atoms with Crippen LogP contribution in [-0.2, 0) is 6.18 Å². The fourth-order valence-electron chi connectivity index (χ4n) is 2.89. The van der Waals surface area contributed by atoms with Crippen molar-refractivity contribution in [2.45, 2.75) is 24.9 Å². The Bertz CT molecular complexity index is 1190. The van der Waals surface area contributed by atoms with Gasteiger partial charge in [-0.15, -0.1) is 10.2 Å². The minimum absolute atomic E-state index is 0.0155. The molecular formula is C19H17F3N10. The zero-order chi connectivity index (χ0) is 22.7. The molecule has 4 rings (SSSR count). The molecule has 164 valence electrons. The van der Waals surface area contributed by atoms with Crippen molar-refractivity contribution in [2.24, 2.45) is 21.2 Å². The van der Waals surface area contributed by atoms with Gasteiger partial charge < -0.3 is 5.73 Å². The number of hydrogen-bond donors (Lipinski definition) is 1. The second-order valence-electron chi connectivity index (χ2n) is 6.93. The van der Waals surface area contributed by atoms with Gasteiger partial charge in [-0.25, -0.2) is 24.6 Å². The first-order valence-corrected chi connectivity index (χ1v) is 9.45. The Kier molecular flexibility index (Phi) is 5.71. The van der Waals surface area contributed by atoms with Gasteiger partial charge in [-0.05, 0) is 30.2 Å². The normalized spacial score (nSPS) is 15.5. The maximum absolute atomic E-state index is 13.3. The molecule has 32 heavy (non-hydrogen) atoms. The number of aromatic nitrogens is 6. The number of pyridine rings is 1. The van der Waals surface area contributed by atoms with Gasteiger partial charge in [0.25, 0.3) is 0 Å². The van der Waals surface area contributed by atoms with Crippen LogP contribution in [0.5, 0.6) is 0 Å². The summed E-state index contributed by atoms with van der Waals surface area (Å²) in [5, 5.41) is 15.1. The molecule has 0 bridgehead atoms. The molecule has 0 radical (unpaired) electrons. The van der Waals surface area contributed by atoms with E-state index in [0.717, 1.165) is 18.9 Å². The Balaban J connectivity index is 1.74. The largest absolute Gasteiger partial charge is 0.433 e. The van der Waals surface area contributed by atoms with Gasteiger partial charge in [-0.2, -0.15) is 18.3 Å². The molecule has 3 heterocycles. The molecule has 0 atom stereocenters. The molecule has 13 heteroatoms. The molecule has 0 unspecified atom stereocenters. The van der Waals surface area contributed by atoms with Crippen molar-refractivity contribution in [3.8, 4) is 11.4 Å². The number of alkyl halides is 3. The summed E-state index contributed by atoms with van der Waals surface area (Å²) in [7, 11) is 1.44. The van der Waals surface area contributed by atoms with Crippen LogP contribution in [0, 0.1) is 0 Å². The Morgan fingerprint density at radius 1 is 1.22 bits per heavy atom. The summed E-state index contributed by atoms with van der Waals surface area (Å²) in [6.45, 7) is 0. The van der Waals surface area contributed by atoms with Crippen LogP contribution in [0.3, 0.4) is 0 Å². The van der Waals surface area contributed by atoms with Crippen LogP contribution in [0.4, 0.5) is 13.2 Å². The highest BCUT2D eigenvalue weighted by molar-refractivity contribution is 6.24. The van der Waals surface area contributed by atoms with Crippen molar-refractivity contribution in [1.82, 2.24) is 29.7 Å². The van der Waals surface area contributed by atoms with Crippen LogP contribution in [-0.4, -0.2) is 42.6 Å². The van der Waals surface area contributed by atoms with Crippen LogP contribution in [0.15, 0.2) is 52.6 Å². The summed E-state index contributed by atoms with van der Waals surface area (Å²) >= 11 is 0. The number of halogens is 3. The number of nitrogens with zero attached hydrogens (tertiary/aromatic N) is 9. The molecule has 0 amide bonds. The van der Waals surface area contributed by atoms with Crippen LogP contribution < -0.4 is 5.73 Å². The fourth-order valence-corrected chi connectivity index (χ4v) is 2.89. The third-order valence-corrected chi connectivity index (χ3v) is 4.55. The van der Waals surface area contributed by atoms with E-state index in [0.29, 0.717) is 16.8 Å². The predicted octanol–water partition coefficient (Wildman–Crippen LogP) is 3.38. The topological polar surface area (TPSA) is 132 Å². The molecule has 0 aliphatic heterocycles. The van der Waals surface area contributed by atoms with E-state index >= 15 is 0 Å². The molecule has 0 spiro atoms. The number of nitrogens with two attached hydrogens (primary N) is 1. The zero-order valence-electron chi connectivity index (χ0n) is 16.8. The summed E-state index contributed by atoms with van der Waals surface area (Å²) in [5.41, 5.74) is 6.56. The number of amidine groups is 1. The van der Waals surface area contributed by atoms with Crippen molar-refractivity contribution in [1.29, 1.82) is 0 Å². The first-order valence-electron chi connectivity index (χ1n) is 9.45. The quantitative estimate of drug-likeness (QED) is 0.269. The van der Waals surface area contributed by atoms with E-state index in [4.69, 9.17) is 5.73 Å². The predicted molar refractivity (Wildman–Crippen MR) is 109 cm³/mol. The van der Waals surface area contributed by atoms with E-state index in [-0.39, 0.29) is 23.1 Å². The first-order chi connectivity index (χ1) is 15.3. The van der Waals surface area contributed by atoms with Gasteiger partial charge in [0.05, 0.1) is 7.05 Å². The van der Waals surface area contributed by atoms with E-state index in [9.17, 15) is 13.2 Å². The number of rotatable bonds is 6. The Labute approximate surface area is 179 Å². The highest BCUT2D eigenvalue weighted by Crippen LogP contribution is 2.41.